The zero-order valence-corrected chi connectivity index (χ0v) is 19.5. The van der Waals surface area contributed by atoms with Gasteiger partial charge in [-0.25, -0.2) is 5.48 Å². The summed E-state index contributed by atoms with van der Waals surface area (Å²) in [6.45, 7) is 0.237. The third-order valence-corrected chi connectivity index (χ3v) is 7.11. The molecule has 0 radical (unpaired) electrons. The highest BCUT2D eigenvalue weighted by molar-refractivity contribution is 6.01. The molecule has 4 unspecified atom stereocenters. The molecule has 2 amide bonds. The number of nitrogens with one attached hydrogen (secondary N) is 1. The number of rotatable bonds is 6. The van der Waals surface area contributed by atoms with E-state index < -0.39 is 18.1 Å². The third kappa shape index (κ3) is 4.72. The van der Waals surface area contributed by atoms with Gasteiger partial charge in [-0.15, -0.1) is 0 Å². The number of hydrogen-bond acceptors (Lipinski definition) is 4. The van der Waals surface area contributed by atoms with Gasteiger partial charge in [0, 0.05) is 5.56 Å². The number of hydrogen-bond donors (Lipinski definition) is 2. The molecule has 6 heteroatoms. The second-order valence-electron chi connectivity index (χ2n) is 9.29. The van der Waals surface area contributed by atoms with Crippen molar-refractivity contribution in [2.75, 3.05) is 0 Å². The number of amides is 2. The van der Waals surface area contributed by atoms with Gasteiger partial charge in [0.1, 0.15) is 0 Å². The van der Waals surface area contributed by atoms with Crippen LogP contribution in [-0.4, -0.2) is 34.0 Å². The number of aliphatic hydroxyl groups excluding tert-OH is 1. The van der Waals surface area contributed by atoms with Gasteiger partial charge in [-0.3, -0.25) is 14.4 Å². The Bertz CT molecular complexity index is 1170. The summed E-state index contributed by atoms with van der Waals surface area (Å²) in [7, 11) is 0. The second kappa shape index (κ2) is 10.4. The van der Waals surface area contributed by atoms with E-state index in [1.54, 1.807) is 11.0 Å². The maximum absolute atomic E-state index is 13.9. The van der Waals surface area contributed by atoms with Gasteiger partial charge in [0.25, 0.3) is 11.8 Å². The highest BCUT2D eigenvalue weighted by Gasteiger charge is 2.48. The molecule has 5 rings (SSSR count). The van der Waals surface area contributed by atoms with Gasteiger partial charge in [0.15, 0.2) is 0 Å². The van der Waals surface area contributed by atoms with Crippen molar-refractivity contribution in [2.45, 2.75) is 56.4 Å². The molecule has 1 aliphatic carbocycles. The van der Waals surface area contributed by atoms with E-state index in [0.29, 0.717) is 24.0 Å². The normalized spacial score (nSPS) is 24.0. The van der Waals surface area contributed by atoms with Gasteiger partial charge in [-0.05, 0) is 35.6 Å². The maximum Gasteiger partial charge on any atom is 0.255 e. The molecule has 1 saturated carbocycles. The third-order valence-electron chi connectivity index (χ3n) is 7.11. The summed E-state index contributed by atoms with van der Waals surface area (Å²) < 4.78 is 0. The predicted molar refractivity (Wildman–Crippen MR) is 132 cm³/mol. The van der Waals surface area contributed by atoms with Crippen LogP contribution >= 0.6 is 0 Å². The Balaban J connectivity index is 1.53. The Hall–Kier alpha value is -3.48. The minimum Gasteiger partial charge on any atom is -0.391 e. The molecule has 0 saturated heterocycles. The summed E-state index contributed by atoms with van der Waals surface area (Å²) in [6, 6.07) is 25.6. The topological polar surface area (TPSA) is 78.9 Å². The lowest BCUT2D eigenvalue weighted by atomic mass is 9.77. The zero-order valence-electron chi connectivity index (χ0n) is 19.5. The molecule has 1 aliphatic heterocycles. The van der Waals surface area contributed by atoms with E-state index in [9.17, 15) is 14.7 Å². The first-order valence-corrected chi connectivity index (χ1v) is 12.3. The summed E-state index contributed by atoms with van der Waals surface area (Å²) in [5.74, 6) is -1.14. The van der Waals surface area contributed by atoms with Crippen molar-refractivity contribution in [3.8, 4) is 0 Å². The van der Waals surface area contributed by atoms with Crippen molar-refractivity contribution in [3.63, 3.8) is 0 Å². The summed E-state index contributed by atoms with van der Waals surface area (Å²) in [6.07, 6.45) is 2.60. The molecule has 0 aromatic heterocycles. The number of carbonyl (C=O) groups excluding carboxylic acids is 2. The van der Waals surface area contributed by atoms with Crippen LogP contribution in [0.25, 0.3) is 0 Å². The van der Waals surface area contributed by atoms with Crippen molar-refractivity contribution in [1.29, 1.82) is 0 Å². The number of fused-ring (bicyclic) bond motifs is 1. The predicted octanol–water partition coefficient (Wildman–Crippen LogP) is 4.52. The Morgan fingerprint density at radius 2 is 1.57 bits per heavy atom. The van der Waals surface area contributed by atoms with Gasteiger partial charge >= 0.3 is 0 Å². The van der Waals surface area contributed by atoms with E-state index in [0.717, 1.165) is 24.0 Å². The van der Waals surface area contributed by atoms with Crippen LogP contribution in [0.1, 0.15) is 64.7 Å². The lowest BCUT2D eigenvalue weighted by Gasteiger charge is -2.48. The molecule has 2 N–H and O–H groups in total. The molecule has 2 aliphatic rings. The Kier molecular flexibility index (Phi) is 6.93. The van der Waals surface area contributed by atoms with Crippen molar-refractivity contribution in [1.82, 2.24) is 10.4 Å². The fourth-order valence-corrected chi connectivity index (χ4v) is 5.45. The molecule has 3 aromatic carbocycles. The summed E-state index contributed by atoms with van der Waals surface area (Å²) in [4.78, 5) is 35.0. The van der Waals surface area contributed by atoms with Crippen LogP contribution < -0.4 is 5.48 Å². The molecule has 1 heterocycles. The van der Waals surface area contributed by atoms with Crippen LogP contribution in [0.3, 0.4) is 0 Å². The number of carbonyl (C=O) groups is 2. The SMILES string of the molecule is O=C(NOCc1ccccc1)C1c2ccccc2C(=O)N(C2CCCCC2O)C1c1ccccc1. The van der Waals surface area contributed by atoms with E-state index in [-0.39, 0.29) is 24.5 Å². The van der Waals surface area contributed by atoms with E-state index in [2.05, 4.69) is 5.48 Å². The number of benzene rings is 3. The van der Waals surface area contributed by atoms with Gasteiger partial charge in [0.2, 0.25) is 0 Å². The summed E-state index contributed by atoms with van der Waals surface area (Å²) >= 11 is 0. The summed E-state index contributed by atoms with van der Waals surface area (Å²) in [5.41, 5.74) is 5.63. The molecular formula is C29H30N2O4. The lowest BCUT2D eigenvalue weighted by molar-refractivity contribution is -0.138. The Morgan fingerprint density at radius 1 is 0.914 bits per heavy atom. The first kappa shape index (κ1) is 23.3. The highest BCUT2D eigenvalue weighted by atomic mass is 16.6. The Morgan fingerprint density at radius 3 is 2.31 bits per heavy atom. The van der Waals surface area contributed by atoms with Gasteiger partial charge in [0.05, 0.1) is 30.7 Å². The quantitative estimate of drug-likeness (QED) is 0.520. The Labute approximate surface area is 205 Å². The standard InChI is InChI=1S/C29H30N2O4/c32-25-18-10-9-17-24(25)31-27(21-13-5-2-6-14-21)26(22-15-7-8-16-23(22)29(31)34)28(33)30-35-19-20-11-3-1-4-12-20/h1-8,11-16,24-27,32H,9-10,17-19H2,(H,30,33). The van der Waals surface area contributed by atoms with Crippen molar-refractivity contribution in [2.24, 2.45) is 0 Å². The average Bonchev–Trinajstić information content (AvgIpc) is 2.90. The highest BCUT2D eigenvalue weighted by Crippen LogP contribution is 2.45. The van der Waals surface area contributed by atoms with Crippen LogP contribution in [0, 0.1) is 0 Å². The average molecular weight is 471 g/mol. The van der Waals surface area contributed by atoms with Crippen molar-refractivity contribution < 1.29 is 19.5 Å². The first-order chi connectivity index (χ1) is 17.1. The number of nitrogens with zero attached hydrogens (tertiary/aromatic N) is 1. The fraction of sp³-hybridized carbons (Fsp3) is 0.310. The van der Waals surface area contributed by atoms with Crippen molar-refractivity contribution >= 4 is 11.8 Å². The van der Waals surface area contributed by atoms with E-state index >= 15 is 0 Å². The monoisotopic (exact) mass is 470 g/mol. The first-order valence-electron chi connectivity index (χ1n) is 12.3. The molecular weight excluding hydrogens is 440 g/mol. The molecule has 4 atom stereocenters. The van der Waals surface area contributed by atoms with Crippen molar-refractivity contribution in [3.05, 3.63) is 107 Å². The minimum absolute atomic E-state index is 0.144. The largest absolute Gasteiger partial charge is 0.391 e. The molecule has 6 nitrogen and oxygen atoms in total. The van der Waals surface area contributed by atoms with Gasteiger partial charge in [-0.1, -0.05) is 91.7 Å². The van der Waals surface area contributed by atoms with E-state index in [1.165, 1.54) is 0 Å². The lowest BCUT2D eigenvalue weighted by Crippen LogP contribution is -2.55. The van der Waals surface area contributed by atoms with Gasteiger partial charge < -0.3 is 10.0 Å². The maximum atomic E-state index is 13.9. The van der Waals surface area contributed by atoms with Crippen LogP contribution in [-0.2, 0) is 16.2 Å². The molecule has 0 spiro atoms. The van der Waals surface area contributed by atoms with Crippen LogP contribution in [0.4, 0.5) is 0 Å². The fourth-order valence-electron chi connectivity index (χ4n) is 5.45. The van der Waals surface area contributed by atoms with E-state index in [4.69, 9.17) is 4.84 Å². The second-order valence-corrected chi connectivity index (χ2v) is 9.29. The number of aliphatic hydroxyl groups is 1. The summed E-state index contributed by atoms with van der Waals surface area (Å²) in [5, 5.41) is 10.9. The molecule has 35 heavy (non-hydrogen) atoms. The smallest absolute Gasteiger partial charge is 0.255 e. The molecule has 3 aromatic rings. The van der Waals surface area contributed by atoms with Gasteiger partial charge in [-0.2, -0.15) is 0 Å². The molecule has 180 valence electrons. The van der Waals surface area contributed by atoms with E-state index in [1.807, 2.05) is 78.9 Å². The molecule has 1 fully saturated rings. The minimum atomic E-state index is -0.684. The zero-order chi connectivity index (χ0) is 24.2. The molecule has 0 bridgehead atoms. The number of hydroxylamine groups is 1. The van der Waals surface area contributed by atoms with Crippen LogP contribution in [0.2, 0.25) is 0 Å². The van der Waals surface area contributed by atoms with Crippen LogP contribution in [0.15, 0.2) is 84.9 Å². The van der Waals surface area contributed by atoms with Crippen LogP contribution in [0.5, 0.6) is 0 Å².